The molecule has 202 valence electrons. The molecule has 4 aliphatic carbocycles. The number of ether oxygens (including phenoxy) is 1. The van der Waals surface area contributed by atoms with Crippen LogP contribution in [0.5, 0.6) is 0 Å². The molecule has 4 saturated carbocycles. The standard InChI is InChI=1S/C30H49N3O3/c1-19-6-8-23-21(14-19)7-9-25-24(23)10-11-30(3)26(15-20(2)28(25)30)27(34)18-33-17-22(16-31-33)29(35)36-13-12-32(4)5/h16,19-26,28H,6-15,17-18H2,1-5H3. The number of ketones is 1. The van der Waals surface area contributed by atoms with E-state index >= 15 is 0 Å². The molecule has 1 aliphatic heterocycles. The average Bonchev–Trinajstić information content (AvgIpc) is 3.40. The summed E-state index contributed by atoms with van der Waals surface area (Å²) in [5, 5.41) is 6.24. The molecule has 0 bridgehead atoms. The van der Waals surface area contributed by atoms with E-state index in [1.165, 1.54) is 44.9 Å². The fourth-order valence-electron chi connectivity index (χ4n) is 9.59. The third kappa shape index (κ3) is 4.88. The number of fused-ring (bicyclic) bond motifs is 5. The molecule has 10 atom stereocenters. The van der Waals surface area contributed by atoms with Crippen LogP contribution in [0.25, 0.3) is 0 Å². The molecule has 0 amide bonds. The summed E-state index contributed by atoms with van der Waals surface area (Å²) in [4.78, 5) is 28.1. The molecule has 1 heterocycles. The Morgan fingerprint density at radius 1 is 1.06 bits per heavy atom. The van der Waals surface area contributed by atoms with Gasteiger partial charge in [0, 0.05) is 18.7 Å². The molecule has 6 heteroatoms. The van der Waals surface area contributed by atoms with Crippen molar-refractivity contribution in [3.63, 3.8) is 0 Å². The van der Waals surface area contributed by atoms with Crippen molar-refractivity contribution in [1.29, 1.82) is 0 Å². The summed E-state index contributed by atoms with van der Waals surface area (Å²) < 4.78 is 5.40. The molecular weight excluding hydrogens is 450 g/mol. The van der Waals surface area contributed by atoms with Crippen molar-refractivity contribution in [2.24, 2.45) is 63.8 Å². The van der Waals surface area contributed by atoms with E-state index in [-0.39, 0.29) is 23.2 Å². The zero-order valence-corrected chi connectivity index (χ0v) is 23.3. The molecule has 0 radical (unpaired) electrons. The number of likely N-dealkylation sites (N-methyl/N-ethyl adjacent to an activating group) is 1. The van der Waals surface area contributed by atoms with Gasteiger partial charge in [-0.2, -0.15) is 5.10 Å². The fourth-order valence-corrected chi connectivity index (χ4v) is 9.59. The lowest BCUT2D eigenvalue weighted by atomic mass is 9.48. The Morgan fingerprint density at radius 2 is 1.83 bits per heavy atom. The van der Waals surface area contributed by atoms with E-state index in [0.29, 0.717) is 43.9 Å². The fraction of sp³-hybridized carbons (Fsp3) is 0.900. The van der Waals surface area contributed by atoms with Crippen molar-refractivity contribution < 1.29 is 14.3 Å². The number of carbonyl (C=O) groups is 2. The van der Waals surface area contributed by atoms with Gasteiger partial charge in [0.05, 0.1) is 13.1 Å². The third-order valence-electron chi connectivity index (χ3n) is 11.2. The monoisotopic (exact) mass is 499 g/mol. The van der Waals surface area contributed by atoms with Gasteiger partial charge in [0.15, 0.2) is 5.78 Å². The van der Waals surface area contributed by atoms with Gasteiger partial charge < -0.3 is 9.64 Å². The maximum absolute atomic E-state index is 13.7. The van der Waals surface area contributed by atoms with Crippen LogP contribution >= 0.6 is 0 Å². The predicted molar refractivity (Wildman–Crippen MR) is 142 cm³/mol. The highest BCUT2D eigenvalue weighted by atomic mass is 16.5. The lowest BCUT2D eigenvalue weighted by molar-refractivity contribution is -0.146. The number of Topliss-reactive ketones (excluding diaryl/α,β-unsaturated/α-hetero) is 1. The summed E-state index contributed by atoms with van der Waals surface area (Å²) >= 11 is 0. The summed E-state index contributed by atoms with van der Waals surface area (Å²) in [6.45, 7) is 9.22. The molecule has 0 N–H and O–H groups in total. The molecule has 4 fully saturated rings. The molecule has 0 aromatic rings. The minimum absolute atomic E-state index is 0.125. The Hall–Kier alpha value is -1.43. The van der Waals surface area contributed by atoms with Crippen molar-refractivity contribution in [1.82, 2.24) is 9.91 Å². The number of carbonyl (C=O) groups excluding carboxylic acids is 2. The van der Waals surface area contributed by atoms with Gasteiger partial charge in [-0.25, -0.2) is 0 Å². The second kappa shape index (κ2) is 10.4. The van der Waals surface area contributed by atoms with Crippen LogP contribution in [-0.2, 0) is 14.3 Å². The van der Waals surface area contributed by atoms with Gasteiger partial charge >= 0.3 is 5.97 Å². The molecule has 0 aromatic carbocycles. The first kappa shape index (κ1) is 26.2. The van der Waals surface area contributed by atoms with Crippen LogP contribution in [0, 0.1) is 58.7 Å². The van der Waals surface area contributed by atoms with Gasteiger partial charge in [0.25, 0.3) is 0 Å². The smallest absolute Gasteiger partial charge is 0.316 e. The average molecular weight is 500 g/mol. The molecular formula is C30H49N3O3. The van der Waals surface area contributed by atoms with Crippen molar-refractivity contribution in [2.75, 3.05) is 40.3 Å². The first-order valence-electron chi connectivity index (χ1n) is 14.8. The molecule has 36 heavy (non-hydrogen) atoms. The van der Waals surface area contributed by atoms with E-state index in [0.717, 1.165) is 36.0 Å². The number of hydrogen-bond donors (Lipinski definition) is 0. The Labute approximate surface area is 218 Å². The normalized spacial score (nSPS) is 43.7. The van der Waals surface area contributed by atoms with Crippen molar-refractivity contribution in [2.45, 2.75) is 72.1 Å². The van der Waals surface area contributed by atoms with Crippen molar-refractivity contribution in [3.05, 3.63) is 0 Å². The van der Waals surface area contributed by atoms with E-state index < -0.39 is 0 Å². The quantitative estimate of drug-likeness (QED) is 0.474. The summed E-state index contributed by atoms with van der Waals surface area (Å²) in [5.74, 6) is 5.71. The van der Waals surface area contributed by atoms with E-state index in [9.17, 15) is 9.59 Å². The van der Waals surface area contributed by atoms with Crippen LogP contribution < -0.4 is 0 Å². The summed E-state index contributed by atoms with van der Waals surface area (Å²) in [6, 6.07) is 0. The van der Waals surface area contributed by atoms with Gasteiger partial charge in [-0.1, -0.05) is 27.2 Å². The molecule has 0 spiro atoms. The van der Waals surface area contributed by atoms with Gasteiger partial charge in [0.2, 0.25) is 0 Å². The molecule has 0 saturated heterocycles. The van der Waals surface area contributed by atoms with Gasteiger partial charge in [-0.3, -0.25) is 14.6 Å². The first-order valence-corrected chi connectivity index (χ1v) is 14.8. The number of hydrazone groups is 1. The Kier molecular flexibility index (Phi) is 7.55. The molecule has 6 nitrogen and oxygen atoms in total. The van der Waals surface area contributed by atoms with Gasteiger partial charge in [-0.15, -0.1) is 0 Å². The number of hydrogen-bond acceptors (Lipinski definition) is 6. The highest BCUT2D eigenvalue weighted by molar-refractivity contribution is 5.91. The lowest BCUT2D eigenvalue weighted by Crippen LogP contribution is -2.50. The van der Waals surface area contributed by atoms with Crippen LogP contribution in [0.15, 0.2) is 5.10 Å². The summed E-state index contributed by atoms with van der Waals surface area (Å²) in [6.07, 6.45) is 12.4. The maximum atomic E-state index is 13.7. The number of esters is 1. The second-order valence-electron chi connectivity index (χ2n) is 13.7. The highest BCUT2D eigenvalue weighted by Crippen LogP contribution is 2.66. The summed E-state index contributed by atoms with van der Waals surface area (Å²) in [7, 11) is 3.92. The van der Waals surface area contributed by atoms with Crippen molar-refractivity contribution in [3.8, 4) is 0 Å². The largest absolute Gasteiger partial charge is 0.464 e. The second-order valence-corrected chi connectivity index (χ2v) is 13.7. The molecule has 0 aromatic heterocycles. The predicted octanol–water partition coefficient (Wildman–Crippen LogP) is 4.73. The molecule has 5 rings (SSSR count). The topological polar surface area (TPSA) is 62.2 Å². The van der Waals surface area contributed by atoms with E-state index in [1.54, 1.807) is 6.21 Å². The third-order valence-corrected chi connectivity index (χ3v) is 11.2. The summed E-state index contributed by atoms with van der Waals surface area (Å²) in [5.41, 5.74) is 0.125. The zero-order valence-electron chi connectivity index (χ0n) is 23.3. The minimum atomic E-state index is -0.366. The minimum Gasteiger partial charge on any atom is -0.464 e. The highest BCUT2D eigenvalue weighted by Gasteiger charge is 2.60. The maximum Gasteiger partial charge on any atom is 0.316 e. The number of nitrogens with zero attached hydrogens (tertiary/aromatic N) is 3. The zero-order chi connectivity index (χ0) is 25.6. The Morgan fingerprint density at radius 3 is 2.61 bits per heavy atom. The van der Waals surface area contributed by atoms with E-state index in [4.69, 9.17) is 4.74 Å². The van der Waals surface area contributed by atoms with Crippen LogP contribution in [-0.4, -0.2) is 68.2 Å². The first-order chi connectivity index (χ1) is 17.2. The van der Waals surface area contributed by atoms with Crippen LogP contribution in [0.4, 0.5) is 0 Å². The molecule has 5 aliphatic rings. The Balaban J connectivity index is 1.19. The van der Waals surface area contributed by atoms with Crippen molar-refractivity contribution >= 4 is 18.0 Å². The number of rotatable bonds is 7. The van der Waals surface area contributed by atoms with E-state index in [1.807, 2.05) is 24.0 Å². The lowest BCUT2D eigenvalue weighted by Gasteiger charge is -2.56. The van der Waals surface area contributed by atoms with Crippen LogP contribution in [0.3, 0.4) is 0 Å². The molecule has 10 unspecified atom stereocenters. The van der Waals surface area contributed by atoms with Crippen LogP contribution in [0.1, 0.15) is 72.1 Å². The Bertz CT molecular complexity index is 858. The van der Waals surface area contributed by atoms with E-state index in [2.05, 4.69) is 25.9 Å². The van der Waals surface area contributed by atoms with Gasteiger partial charge in [0.1, 0.15) is 12.5 Å². The van der Waals surface area contributed by atoms with Crippen LogP contribution in [0.2, 0.25) is 0 Å². The SMILES string of the molecule is CC1CCC2C(CCC3C2CCC2(C)C(C(=O)CN4CC(C(=O)OCCN(C)C)C=N4)CC(C)C32)C1. The van der Waals surface area contributed by atoms with Gasteiger partial charge in [-0.05, 0) is 106 Å².